The molecule has 18 heavy (non-hydrogen) atoms. The summed E-state index contributed by atoms with van der Waals surface area (Å²) >= 11 is 0. The Morgan fingerprint density at radius 3 is 2.72 bits per heavy atom. The summed E-state index contributed by atoms with van der Waals surface area (Å²) in [4.78, 5) is 0. The molecule has 1 N–H and O–H groups in total. The van der Waals surface area contributed by atoms with Crippen LogP contribution in [0.25, 0.3) is 0 Å². The average molecular weight is 251 g/mol. The van der Waals surface area contributed by atoms with Crippen LogP contribution in [0.1, 0.15) is 64.7 Å². The Labute approximate surface area is 109 Å². The lowest BCUT2D eigenvalue weighted by Crippen LogP contribution is -2.21. The van der Waals surface area contributed by atoms with Crippen molar-refractivity contribution in [1.29, 1.82) is 0 Å². The third-order valence-corrected chi connectivity index (χ3v) is 3.51. The predicted molar refractivity (Wildman–Crippen MR) is 71.1 cm³/mol. The number of nitrogens with zero attached hydrogens (tertiary/aromatic N) is 4. The van der Waals surface area contributed by atoms with Crippen molar-refractivity contribution in [3.8, 4) is 0 Å². The number of tetrazole rings is 1. The van der Waals surface area contributed by atoms with Gasteiger partial charge in [0, 0.05) is 6.04 Å². The van der Waals surface area contributed by atoms with E-state index in [1.165, 1.54) is 25.7 Å². The molecule has 1 aliphatic rings. The molecule has 0 bridgehead atoms. The zero-order valence-corrected chi connectivity index (χ0v) is 11.8. The van der Waals surface area contributed by atoms with E-state index in [1.807, 2.05) is 4.68 Å². The Balaban J connectivity index is 1.80. The fraction of sp³-hybridized carbons (Fsp3) is 0.923. The second kappa shape index (κ2) is 6.27. The number of hydrogen-bond donors (Lipinski definition) is 1. The summed E-state index contributed by atoms with van der Waals surface area (Å²) in [5.74, 6) is 1.75. The Morgan fingerprint density at radius 2 is 2.06 bits per heavy atom. The van der Waals surface area contributed by atoms with Crippen LogP contribution in [-0.2, 0) is 6.54 Å². The maximum absolute atomic E-state index is 4.13. The van der Waals surface area contributed by atoms with Crippen LogP contribution in [0, 0.1) is 5.92 Å². The summed E-state index contributed by atoms with van der Waals surface area (Å²) in [6.45, 7) is 7.54. The maximum Gasteiger partial charge on any atom is 0.165 e. The molecule has 1 aromatic rings. The highest BCUT2D eigenvalue weighted by Gasteiger charge is 2.22. The molecule has 1 saturated carbocycles. The quantitative estimate of drug-likeness (QED) is 0.770. The first-order chi connectivity index (χ1) is 8.66. The highest BCUT2D eigenvalue weighted by atomic mass is 15.6. The van der Waals surface area contributed by atoms with Crippen molar-refractivity contribution < 1.29 is 0 Å². The van der Waals surface area contributed by atoms with E-state index in [9.17, 15) is 0 Å². The molecule has 1 aliphatic carbocycles. The van der Waals surface area contributed by atoms with Crippen LogP contribution in [0.3, 0.4) is 0 Å². The van der Waals surface area contributed by atoms with Crippen molar-refractivity contribution >= 4 is 0 Å². The van der Waals surface area contributed by atoms with Gasteiger partial charge in [0.1, 0.15) is 0 Å². The molecule has 1 atom stereocenters. The minimum Gasteiger partial charge on any atom is -0.307 e. The Hall–Kier alpha value is -0.970. The van der Waals surface area contributed by atoms with Crippen molar-refractivity contribution in [3.63, 3.8) is 0 Å². The molecule has 0 saturated heterocycles. The second-order valence-electron chi connectivity index (χ2n) is 5.87. The number of rotatable bonds is 8. The molecule has 102 valence electrons. The molecule has 5 heteroatoms. The van der Waals surface area contributed by atoms with Crippen LogP contribution in [-0.4, -0.2) is 26.2 Å². The van der Waals surface area contributed by atoms with Crippen molar-refractivity contribution in [2.24, 2.45) is 5.92 Å². The van der Waals surface area contributed by atoms with Gasteiger partial charge in [-0.3, -0.25) is 0 Å². The Bertz CT molecular complexity index is 356. The normalized spacial score (nSPS) is 17.3. The fourth-order valence-corrected chi connectivity index (χ4v) is 2.14. The van der Waals surface area contributed by atoms with Crippen molar-refractivity contribution in [1.82, 2.24) is 25.5 Å². The molecule has 0 aliphatic heterocycles. The first kappa shape index (κ1) is 13.5. The molecule has 0 radical (unpaired) electrons. The summed E-state index contributed by atoms with van der Waals surface area (Å²) in [7, 11) is 0. The molecule has 5 nitrogen and oxygen atoms in total. The van der Waals surface area contributed by atoms with Crippen LogP contribution in [0.15, 0.2) is 0 Å². The van der Waals surface area contributed by atoms with Crippen LogP contribution in [0.4, 0.5) is 0 Å². The zero-order chi connectivity index (χ0) is 13.0. The van der Waals surface area contributed by atoms with E-state index in [0.717, 1.165) is 24.7 Å². The number of hydrogen-bond acceptors (Lipinski definition) is 4. The maximum atomic E-state index is 4.13. The van der Waals surface area contributed by atoms with Gasteiger partial charge in [-0.1, -0.05) is 26.7 Å². The molecule has 0 spiro atoms. The standard InChI is InChI=1S/C13H25N5/c1-10(2)5-4-6-11(3)18-13(15-16-17-18)9-14-12-7-8-12/h10-12,14H,4-9H2,1-3H3. The second-order valence-corrected chi connectivity index (χ2v) is 5.87. The molecule has 0 amide bonds. The van der Waals surface area contributed by atoms with Crippen LogP contribution < -0.4 is 5.32 Å². The van der Waals surface area contributed by atoms with Gasteiger partial charge in [-0.05, 0) is 42.5 Å². The van der Waals surface area contributed by atoms with E-state index in [2.05, 4.69) is 41.6 Å². The summed E-state index contributed by atoms with van der Waals surface area (Å²) in [5, 5.41) is 15.5. The molecule has 1 heterocycles. The third-order valence-electron chi connectivity index (χ3n) is 3.51. The van der Waals surface area contributed by atoms with Gasteiger partial charge >= 0.3 is 0 Å². The smallest absolute Gasteiger partial charge is 0.165 e. The highest BCUT2D eigenvalue weighted by molar-refractivity contribution is 4.88. The lowest BCUT2D eigenvalue weighted by atomic mass is 10.0. The van der Waals surface area contributed by atoms with E-state index in [-0.39, 0.29) is 0 Å². The van der Waals surface area contributed by atoms with Gasteiger partial charge in [0.15, 0.2) is 5.82 Å². The summed E-state index contributed by atoms with van der Waals surface area (Å²) < 4.78 is 1.98. The summed E-state index contributed by atoms with van der Waals surface area (Å²) in [6, 6.07) is 1.10. The summed E-state index contributed by atoms with van der Waals surface area (Å²) in [5.41, 5.74) is 0. The van der Waals surface area contributed by atoms with Gasteiger partial charge in [-0.25, -0.2) is 4.68 Å². The van der Waals surface area contributed by atoms with E-state index in [1.54, 1.807) is 0 Å². The minimum absolute atomic E-state index is 0.398. The number of aromatic nitrogens is 4. The molecular weight excluding hydrogens is 226 g/mol. The minimum atomic E-state index is 0.398. The Kier molecular flexibility index (Phi) is 4.69. The lowest BCUT2D eigenvalue weighted by Gasteiger charge is -2.14. The van der Waals surface area contributed by atoms with Gasteiger partial charge in [0.25, 0.3) is 0 Å². The van der Waals surface area contributed by atoms with Crippen molar-refractivity contribution in [2.45, 2.75) is 71.5 Å². The topological polar surface area (TPSA) is 55.6 Å². The van der Waals surface area contributed by atoms with Crippen LogP contribution in [0.5, 0.6) is 0 Å². The fourth-order valence-electron chi connectivity index (χ4n) is 2.14. The first-order valence-corrected chi connectivity index (χ1v) is 7.17. The molecule has 1 fully saturated rings. The van der Waals surface area contributed by atoms with E-state index >= 15 is 0 Å². The third kappa shape index (κ3) is 4.05. The van der Waals surface area contributed by atoms with Crippen LogP contribution in [0.2, 0.25) is 0 Å². The van der Waals surface area contributed by atoms with E-state index in [0.29, 0.717) is 12.1 Å². The van der Waals surface area contributed by atoms with Gasteiger partial charge in [0.05, 0.1) is 12.6 Å². The van der Waals surface area contributed by atoms with Crippen LogP contribution >= 0.6 is 0 Å². The van der Waals surface area contributed by atoms with Gasteiger partial charge in [-0.2, -0.15) is 0 Å². The average Bonchev–Trinajstić information content (AvgIpc) is 3.03. The van der Waals surface area contributed by atoms with Gasteiger partial charge in [0.2, 0.25) is 0 Å². The molecule has 1 unspecified atom stereocenters. The monoisotopic (exact) mass is 251 g/mol. The molecular formula is C13H25N5. The molecule has 1 aromatic heterocycles. The Morgan fingerprint density at radius 1 is 1.28 bits per heavy atom. The molecule has 2 rings (SSSR count). The lowest BCUT2D eigenvalue weighted by molar-refractivity contribution is 0.397. The highest BCUT2D eigenvalue weighted by Crippen LogP contribution is 2.20. The van der Waals surface area contributed by atoms with Gasteiger partial charge in [-0.15, -0.1) is 5.10 Å². The SMILES string of the molecule is CC(C)CCCC(C)n1nnnc1CNC1CC1. The van der Waals surface area contributed by atoms with E-state index in [4.69, 9.17) is 0 Å². The first-order valence-electron chi connectivity index (χ1n) is 7.17. The van der Waals surface area contributed by atoms with Gasteiger partial charge < -0.3 is 5.32 Å². The zero-order valence-electron chi connectivity index (χ0n) is 11.8. The number of nitrogens with one attached hydrogen (secondary N) is 1. The largest absolute Gasteiger partial charge is 0.307 e. The van der Waals surface area contributed by atoms with E-state index < -0.39 is 0 Å². The summed E-state index contributed by atoms with van der Waals surface area (Å²) in [6.07, 6.45) is 6.27. The van der Waals surface area contributed by atoms with Crippen molar-refractivity contribution in [3.05, 3.63) is 5.82 Å². The molecule has 0 aromatic carbocycles. The predicted octanol–water partition coefficient (Wildman–Crippen LogP) is 2.31. The van der Waals surface area contributed by atoms with Crippen molar-refractivity contribution in [2.75, 3.05) is 0 Å².